The van der Waals surface area contributed by atoms with E-state index >= 15 is 0 Å². The molecule has 1 N–H and O–H groups in total. The number of fused-ring (bicyclic) bond motifs is 1. The second-order valence-corrected chi connectivity index (χ2v) is 9.84. The van der Waals surface area contributed by atoms with E-state index in [1.165, 1.54) is 0 Å². The van der Waals surface area contributed by atoms with Gasteiger partial charge in [-0.2, -0.15) is 0 Å². The highest BCUT2D eigenvalue weighted by Gasteiger charge is 2.48. The number of piperidine rings is 1. The van der Waals surface area contributed by atoms with Crippen molar-refractivity contribution in [2.24, 2.45) is 0 Å². The lowest BCUT2D eigenvalue weighted by atomic mass is 9.89. The van der Waals surface area contributed by atoms with Crippen LogP contribution in [0.2, 0.25) is 0 Å². The van der Waals surface area contributed by atoms with E-state index in [2.05, 4.69) is 10.2 Å². The minimum absolute atomic E-state index is 0.187. The second-order valence-electron chi connectivity index (χ2n) is 9.84. The summed E-state index contributed by atoms with van der Waals surface area (Å²) < 4.78 is 5.46. The molecular weight excluding hydrogens is 412 g/mol. The number of carbonyl (C=O) groups is 4. The van der Waals surface area contributed by atoms with E-state index in [9.17, 15) is 19.2 Å². The molecule has 3 heterocycles. The van der Waals surface area contributed by atoms with Crippen molar-refractivity contribution in [1.29, 1.82) is 0 Å². The van der Waals surface area contributed by atoms with Gasteiger partial charge in [-0.25, -0.2) is 4.79 Å². The van der Waals surface area contributed by atoms with Gasteiger partial charge in [0.15, 0.2) is 0 Å². The molecule has 1 atom stereocenters. The molecule has 9 heteroatoms. The van der Waals surface area contributed by atoms with E-state index in [-0.39, 0.29) is 24.3 Å². The fourth-order valence-corrected chi connectivity index (χ4v) is 4.43. The van der Waals surface area contributed by atoms with Crippen LogP contribution in [0.3, 0.4) is 0 Å². The maximum absolute atomic E-state index is 13.0. The molecule has 0 radical (unpaired) electrons. The smallest absolute Gasteiger partial charge is 0.410 e. The summed E-state index contributed by atoms with van der Waals surface area (Å²) >= 11 is 0. The molecule has 0 unspecified atom stereocenters. The SMILES string of the molecule is CC(C)(C)OC(=O)N1CCN(c2ccc3c(c2)CN([C@]2(C)CCC(=O)NC2=O)C3=O)CC1. The molecular formula is C23H30N4O5. The van der Waals surface area contributed by atoms with Gasteiger partial charge < -0.3 is 19.4 Å². The summed E-state index contributed by atoms with van der Waals surface area (Å²) in [6.45, 7) is 10.1. The number of carbonyl (C=O) groups excluding carboxylic acids is 4. The monoisotopic (exact) mass is 442 g/mol. The van der Waals surface area contributed by atoms with Crippen molar-refractivity contribution in [3.8, 4) is 0 Å². The highest BCUT2D eigenvalue weighted by atomic mass is 16.6. The summed E-state index contributed by atoms with van der Waals surface area (Å²) in [7, 11) is 0. The zero-order valence-electron chi connectivity index (χ0n) is 19.1. The average Bonchev–Trinajstić information content (AvgIpc) is 3.06. The molecule has 3 aliphatic heterocycles. The first kappa shape index (κ1) is 22.1. The molecule has 1 aromatic carbocycles. The Bertz CT molecular complexity index is 977. The number of hydrogen-bond donors (Lipinski definition) is 1. The summed E-state index contributed by atoms with van der Waals surface area (Å²) in [5, 5.41) is 2.36. The number of hydrogen-bond acceptors (Lipinski definition) is 6. The van der Waals surface area contributed by atoms with Gasteiger partial charge in [0.2, 0.25) is 5.91 Å². The lowest BCUT2D eigenvalue weighted by Crippen LogP contribution is -2.61. The molecule has 3 aliphatic rings. The summed E-state index contributed by atoms with van der Waals surface area (Å²) in [4.78, 5) is 54.9. The summed E-state index contributed by atoms with van der Waals surface area (Å²) in [5.74, 6) is -0.911. The molecule has 0 saturated carbocycles. The van der Waals surface area contributed by atoms with Gasteiger partial charge in [0.05, 0.1) is 0 Å². The van der Waals surface area contributed by atoms with E-state index in [1.54, 1.807) is 16.7 Å². The van der Waals surface area contributed by atoms with Crippen molar-refractivity contribution in [2.45, 2.75) is 58.2 Å². The van der Waals surface area contributed by atoms with Crippen molar-refractivity contribution in [3.63, 3.8) is 0 Å². The average molecular weight is 443 g/mol. The molecule has 1 aromatic rings. The van der Waals surface area contributed by atoms with Gasteiger partial charge in [0.1, 0.15) is 11.1 Å². The topological polar surface area (TPSA) is 99.3 Å². The van der Waals surface area contributed by atoms with Gasteiger partial charge in [-0.05, 0) is 57.9 Å². The maximum Gasteiger partial charge on any atom is 0.410 e. The Labute approximate surface area is 187 Å². The van der Waals surface area contributed by atoms with Crippen LogP contribution in [0.15, 0.2) is 18.2 Å². The van der Waals surface area contributed by atoms with Crippen molar-refractivity contribution in [1.82, 2.24) is 15.1 Å². The minimum Gasteiger partial charge on any atom is -0.444 e. The number of nitrogens with one attached hydrogen (secondary N) is 1. The molecule has 0 aromatic heterocycles. The first-order valence-electron chi connectivity index (χ1n) is 11.0. The van der Waals surface area contributed by atoms with Crippen molar-refractivity contribution < 1.29 is 23.9 Å². The number of imide groups is 1. The van der Waals surface area contributed by atoms with Crippen LogP contribution >= 0.6 is 0 Å². The summed E-state index contributed by atoms with van der Waals surface area (Å²) in [5.41, 5.74) is 0.880. The second kappa shape index (κ2) is 7.79. The Hall–Kier alpha value is -3.10. The Morgan fingerprint density at radius 3 is 2.41 bits per heavy atom. The zero-order chi connectivity index (χ0) is 23.3. The van der Waals surface area contributed by atoms with E-state index in [0.717, 1.165) is 11.3 Å². The number of amides is 4. The van der Waals surface area contributed by atoms with E-state index in [0.29, 0.717) is 44.7 Å². The first-order valence-corrected chi connectivity index (χ1v) is 11.0. The molecule has 172 valence electrons. The Kier molecular flexibility index (Phi) is 5.38. The number of benzene rings is 1. The molecule has 4 rings (SSSR count). The molecule has 32 heavy (non-hydrogen) atoms. The zero-order valence-corrected chi connectivity index (χ0v) is 19.1. The lowest BCUT2D eigenvalue weighted by Gasteiger charge is -2.39. The van der Waals surface area contributed by atoms with Crippen LogP contribution in [0.1, 0.15) is 56.5 Å². The van der Waals surface area contributed by atoms with Crippen LogP contribution < -0.4 is 10.2 Å². The Morgan fingerprint density at radius 2 is 1.78 bits per heavy atom. The molecule has 2 fully saturated rings. The Morgan fingerprint density at radius 1 is 1.09 bits per heavy atom. The first-order chi connectivity index (χ1) is 15.0. The molecule has 0 aliphatic carbocycles. The van der Waals surface area contributed by atoms with Crippen LogP contribution in [0.4, 0.5) is 10.5 Å². The van der Waals surface area contributed by atoms with Crippen molar-refractivity contribution in [2.75, 3.05) is 31.1 Å². The van der Waals surface area contributed by atoms with Gasteiger partial charge >= 0.3 is 6.09 Å². The van der Waals surface area contributed by atoms with Gasteiger partial charge in [0, 0.05) is 50.4 Å². The highest BCUT2D eigenvalue weighted by Crippen LogP contribution is 2.35. The number of rotatable bonds is 2. The number of ether oxygens (including phenoxy) is 1. The van der Waals surface area contributed by atoms with Gasteiger partial charge in [0.25, 0.3) is 11.8 Å². The lowest BCUT2D eigenvalue weighted by molar-refractivity contribution is -0.142. The predicted octanol–water partition coefficient (Wildman–Crippen LogP) is 1.89. The van der Waals surface area contributed by atoms with Crippen LogP contribution in [0.25, 0.3) is 0 Å². The fraction of sp³-hybridized carbons (Fsp3) is 0.565. The van der Waals surface area contributed by atoms with Crippen molar-refractivity contribution >= 4 is 29.5 Å². The number of anilines is 1. The molecule has 2 saturated heterocycles. The minimum atomic E-state index is -1.04. The van der Waals surface area contributed by atoms with Crippen LogP contribution in [0.5, 0.6) is 0 Å². The fourth-order valence-electron chi connectivity index (χ4n) is 4.43. The van der Waals surface area contributed by atoms with Crippen LogP contribution in [-0.2, 0) is 20.9 Å². The van der Waals surface area contributed by atoms with Gasteiger partial charge in [-0.3, -0.25) is 19.7 Å². The quantitative estimate of drug-likeness (QED) is 0.703. The third-order valence-electron chi connectivity index (χ3n) is 6.37. The standard InChI is InChI=1S/C23H30N4O5/c1-22(2,3)32-21(31)26-11-9-25(10-12-26)16-5-6-17-15(13-16)14-27(19(17)29)23(4)8-7-18(28)24-20(23)30/h5-6,13H,7-12,14H2,1-4H3,(H,24,28,30)/t23-/m1/s1. The largest absolute Gasteiger partial charge is 0.444 e. The van der Waals surface area contributed by atoms with Crippen molar-refractivity contribution in [3.05, 3.63) is 29.3 Å². The normalized spacial score (nSPS) is 23.9. The Balaban J connectivity index is 1.44. The van der Waals surface area contributed by atoms with E-state index < -0.39 is 17.0 Å². The highest BCUT2D eigenvalue weighted by molar-refractivity contribution is 6.07. The van der Waals surface area contributed by atoms with E-state index in [4.69, 9.17) is 4.74 Å². The third kappa shape index (κ3) is 4.03. The molecule has 9 nitrogen and oxygen atoms in total. The molecule has 0 bridgehead atoms. The molecule has 0 spiro atoms. The third-order valence-corrected chi connectivity index (χ3v) is 6.37. The van der Waals surface area contributed by atoms with Crippen LogP contribution in [0, 0.1) is 0 Å². The van der Waals surface area contributed by atoms with E-state index in [1.807, 2.05) is 39.0 Å². The predicted molar refractivity (Wildman–Crippen MR) is 117 cm³/mol. The van der Waals surface area contributed by atoms with Gasteiger partial charge in [-0.1, -0.05) is 0 Å². The van der Waals surface area contributed by atoms with Crippen LogP contribution in [-0.4, -0.2) is 70.9 Å². The maximum atomic E-state index is 13.0. The summed E-state index contributed by atoms with van der Waals surface area (Å²) in [6, 6.07) is 5.71. The number of nitrogens with zero attached hydrogens (tertiary/aromatic N) is 3. The summed E-state index contributed by atoms with van der Waals surface area (Å²) in [6.07, 6.45) is 0.233. The number of piperazine rings is 1. The molecule has 4 amide bonds. The van der Waals surface area contributed by atoms with Gasteiger partial charge in [-0.15, -0.1) is 0 Å².